The van der Waals surface area contributed by atoms with Crippen molar-refractivity contribution in [3.05, 3.63) is 83.4 Å². The Kier molecular flexibility index (Phi) is 7.25. The van der Waals surface area contributed by atoms with Gasteiger partial charge in [-0.15, -0.1) is 0 Å². The van der Waals surface area contributed by atoms with E-state index in [9.17, 15) is 13.2 Å². The van der Waals surface area contributed by atoms with Crippen LogP contribution >= 0.6 is 11.6 Å². The SMILES string of the molecule is O=C(O)CCCc1ccc(C(CNS(=O)(=O)c2ccc(Cl)cc2)n2ccnc2)cc1. The fraction of sp³-hybridized carbons (Fsp3) is 0.238. The Balaban J connectivity index is 1.74. The van der Waals surface area contributed by atoms with Crippen LogP contribution in [0.5, 0.6) is 0 Å². The highest BCUT2D eigenvalue weighted by Crippen LogP contribution is 2.21. The van der Waals surface area contributed by atoms with E-state index < -0.39 is 16.0 Å². The van der Waals surface area contributed by atoms with E-state index in [1.54, 1.807) is 18.7 Å². The first-order chi connectivity index (χ1) is 14.3. The van der Waals surface area contributed by atoms with Crippen LogP contribution < -0.4 is 4.72 Å². The molecule has 0 saturated carbocycles. The van der Waals surface area contributed by atoms with E-state index in [-0.39, 0.29) is 23.9 Å². The first-order valence-electron chi connectivity index (χ1n) is 9.38. The van der Waals surface area contributed by atoms with Crippen molar-refractivity contribution < 1.29 is 18.3 Å². The number of nitrogens with one attached hydrogen (secondary N) is 1. The Labute approximate surface area is 180 Å². The molecule has 158 valence electrons. The molecule has 0 aliphatic rings. The van der Waals surface area contributed by atoms with E-state index in [2.05, 4.69) is 9.71 Å². The van der Waals surface area contributed by atoms with E-state index in [0.29, 0.717) is 17.9 Å². The van der Waals surface area contributed by atoms with Gasteiger partial charge < -0.3 is 9.67 Å². The predicted octanol–water partition coefficient (Wildman–Crippen LogP) is 3.51. The number of carbonyl (C=O) groups is 1. The van der Waals surface area contributed by atoms with Gasteiger partial charge in [-0.2, -0.15) is 0 Å². The number of imidazole rings is 1. The van der Waals surface area contributed by atoms with Crippen molar-refractivity contribution >= 4 is 27.6 Å². The molecular weight excluding hydrogens is 426 g/mol. The maximum atomic E-state index is 12.6. The number of sulfonamides is 1. The third kappa shape index (κ3) is 5.91. The second-order valence-electron chi connectivity index (χ2n) is 6.82. The molecule has 0 fully saturated rings. The normalized spacial score (nSPS) is 12.6. The average molecular weight is 448 g/mol. The molecule has 0 aliphatic heterocycles. The monoisotopic (exact) mass is 447 g/mol. The van der Waals surface area contributed by atoms with Gasteiger partial charge in [-0.3, -0.25) is 4.79 Å². The zero-order chi connectivity index (χ0) is 21.6. The molecule has 1 aromatic heterocycles. The molecule has 30 heavy (non-hydrogen) atoms. The van der Waals surface area contributed by atoms with E-state index in [1.165, 1.54) is 24.3 Å². The fourth-order valence-electron chi connectivity index (χ4n) is 3.09. The molecular formula is C21H22ClN3O4S. The standard InChI is InChI=1S/C21H22ClN3O4S/c22-18-8-10-19(11-9-18)30(28,29)24-14-20(25-13-12-23-15-25)17-6-4-16(5-7-17)2-1-3-21(26)27/h4-13,15,20,24H,1-3,14H2,(H,26,27). The van der Waals surface area contributed by atoms with Crippen LogP contribution in [-0.4, -0.2) is 35.6 Å². The van der Waals surface area contributed by atoms with Gasteiger partial charge in [0.1, 0.15) is 0 Å². The highest BCUT2D eigenvalue weighted by atomic mass is 35.5. The van der Waals surface area contributed by atoms with Gasteiger partial charge in [-0.05, 0) is 48.2 Å². The van der Waals surface area contributed by atoms with Crippen LogP contribution in [0.1, 0.15) is 30.0 Å². The third-order valence-corrected chi connectivity index (χ3v) is 6.39. The molecule has 1 atom stereocenters. The molecule has 0 radical (unpaired) electrons. The minimum Gasteiger partial charge on any atom is -0.481 e. The van der Waals surface area contributed by atoms with Crippen molar-refractivity contribution in [1.82, 2.24) is 14.3 Å². The van der Waals surface area contributed by atoms with Gasteiger partial charge in [0.25, 0.3) is 0 Å². The van der Waals surface area contributed by atoms with E-state index in [0.717, 1.165) is 11.1 Å². The van der Waals surface area contributed by atoms with Crippen molar-refractivity contribution in [2.24, 2.45) is 0 Å². The van der Waals surface area contributed by atoms with Gasteiger partial charge in [0, 0.05) is 30.4 Å². The molecule has 0 bridgehead atoms. The minimum atomic E-state index is -3.70. The minimum absolute atomic E-state index is 0.131. The summed E-state index contributed by atoms with van der Waals surface area (Å²) in [6, 6.07) is 13.4. The van der Waals surface area contributed by atoms with E-state index >= 15 is 0 Å². The fourth-order valence-corrected chi connectivity index (χ4v) is 4.25. The Morgan fingerprint density at radius 3 is 2.43 bits per heavy atom. The van der Waals surface area contributed by atoms with Crippen molar-refractivity contribution in [1.29, 1.82) is 0 Å². The highest BCUT2D eigenvalue weighted by Gasteiger charge is 2.19. The van der Waals surface area contributed by atoms with Gasteiger partial charge in [-0.25, -0.2) is 18.1 Å². The summed E-state index contributed by atoms with van der Waals surface area (Å²) < 4.78 is 29.8. The second kappa shape index (κ2) is 9.88. The van der Waals surface area contributed by atoms with Crippen LogP contribution in [0.15, 0.2) is 72.1 Å². The molecule has 0 aliphatic carbocycles. The van der Waals surface area contributed by atoms with Crippen LogP contribution in [0.3, 0.4) is 0 Å². The Morgan fingerprint density at radius 1 is 1.13 bits per heavy atom. The van der Waals surface area contributed by atoms with Crippen LogP contribution in [0.2, 0.25) is 5.02 Å². The second-order valence-corrected chi connectivity index (χ2v) is 9.02. The number of carboxylic acids is 1. The van der Waals surface area contributed by atoms with Crippen molar-refractivity contribution in [3.63, 3.8) is 0 Å². The molecule has 0 spiro atoms. The Morgan fingerprint density at radius 2 is 1.83 bits per heavy atom. The number of benzene rings is 2. The number of carboxylic acid groups (broad SMARTS) is 1. The smallest absolute Gasteiger partial charge is 0.303 e. The maximum Gasteiger partial charge on any atom is 0.303 e. The number of halogens is 1. The van der Waals surface area contributed by atoms with Gasteiger partial charge in [0.2, 0.25) is 10.0 Å². The van der Waals surface area contributed by atoms with Crippen molar-refractivity contribution in [3.8, 4) is 0 Å². The van der Waals surface area contributed by atoms with Gasteiger partial charge in [0.15, 0.2) is 0 Å². The summed E-state index contributed by atoms with van der Waals surface area (Å²) >= 11 is 5.84. The number of aliphatic carboxylic acids is 1. The highest BCUT2D eigenvalue weighted by molar-refractivity contribution is 7.89. The van der Waals surface area contributed by atoms with E-state index in [4.69, 9.17) is 16.7 Å². The maximum absolute atomic E-state index is 12.6. The lowest BCUT2D eigenvalue weighted by molar-refractivity contribution is -0.137. The molecule has 1 heterocycles. The van der Waals surface area contributed by atoms with Crippen molar-refractivity contribution in [2.75, 3.05) is 6.54 Å². The van der Waals surface area contributed by atoms with Crippen molar-refractivity contribution in [2.45, 2.75) is 30.2 Å². The summed E-state index contributed by atoms with van der Waals surface area (Å²) in [5, 5.41) is 9.23. The zero-order valence-electron chi connectivity index (χ0n) is 16.1. The van der Waals surface area contributed by atoms with Gasteiger partial charge in [-0.1, -0.05) is 35.9 Å². The molecule has 0 saturated heterocycles. The molecule has 3 rings (SSSR count). The van der Waals surface area contributed by atoms with Gasteiger partial charge in [0.05, 0.1) is 17.3 Å². The van der Waals surface area contributed by atoms with Gasteiger partial charge >= 0.3 is 5.97 Å². The van der Waals surface area contributed by atoms with Crippen LogP contribution in [-0.2, 0) is 21.2 Å². The lowest BCUT2D eigenvalue weighted by atomic mass is 10.0. The first-order valence-corrected chi connectivity index (χ1v) is 11.2. The number of aromatic nitrogens is 2. The molecule has 0 amide bonds. The topological polar surface area (TPSA) is 101 Å². The summed E-state index contributed by atoms with van der Waals surface area (Å²) in [5.74, 6) is -0.806. The van der Waals surface area contributed by atoms with Crippen LogP contribution in [0.4, 0.5) is 0 Å². The molecule has 2 aromatic carbocycles. The summed E-state index contributed by atoms with van der Waals surface area (Å²) in [6.07, 6.45) is 6.43. The largest absolute Gasteiger partial charge is 0.481 e. The lowest BCUT2D eigenvalue weighted by Crippen LogP contribution is -2.31. The average Bonchev–Trinajstić information content (AvgIpc) is 3.24. The lowest BCUT2D eigenvalue weighted by Gasteiger charge is -2.20. The Bertz CT molecular complexity index is 1070. The molecule has 9 heteroatoms. The molecule has 3 aromatic rings. The number of hydrogen-bond acceptors (Lipinski definition) is 4. The van der Waals surface area contributed by atoms with Crippen LogP contribution in [0.25, 0.3) is 0 Å². The van der Waals surface area contributed by atoms with E-state index in [1.807, 2.05) is 28.8 Å². The summed E-state index contributed by atoms with van der Waals surface area (Å²) in [6.45, 7) is 0.139. The molecule has 7 nitrogen and oxygen atoms in total. The third-order valence-electron chi connectivity index (χ3n) is 4.70. The number of rotatable bonds is 10. The first kappa shape index (κ1) is 22.0. The molecule has 2 N–H and O–H groups in total. The Hall–Kier alpha value is -2.68. The summed E-state index contributed by atoms with van der Waals surface area (Å²) in [5.41, 5.74) is 1.94. The quantitative estimate of drug-likeness (QED) is 0.495. The summed E-state index contributed by atoms with van der Waals surface area (Å²) in [4.78, 5) is 14.9. The summed E-state index contributed by atoms with van der Waals surface area (Å²) in [7, 11) is -3.70. The molecule has 1 unspecified atom stereocenters. The number of hydrogen-bond donors (Lipinski definition) is 2. The van der Waals surface area contributed by atoms with Crippen LogP contribution in [0, 0.1) is 0 Å². The zero-order valence-corrected chi connectivity index (χ0v) is 17.7. The number of aryl methyl sites for hydroxylation is 1. The predicted molar refractivity (Wildman–Crippen MR) is 114 cm³/mol. The number of nitrogens with zero attached hydrogens (tertiary/aromatic N) is 2.